The lowest BCUT2D eigenvalue weighted by molar-refractivity contribution is -0.137. The summed E-state index contributed by atoms with van der Waals surface area (Å²) >= 11 is 1.55. The fourth-order valence-corrected chi connectivity index (χ4v) is 2.37. The lowest BCUT2D eigenvalue weighted by Crippen LogP contribution is -2.24. The van der Waals surface area contributed by atoms with Crippen molar-refractivity contribution >= 4 is 17.4 Å². The van der Waals surface area contributed by atoms with Crippen molar-refractivity contribution in [3.8, 4) is 6.07 Å². The summed E-state index contributed by atoms with van der Waals surface area (Å²) < 4.78 is 37.7. The van der Waals surface area contributed by atoms with Crippen LogP contribution in [0.5, 0.6) is 0 Å². The molecule has 20 heavy (non-hydrogen) atoms. The molecule has 0 aliphatic carbocycles. The summed E-state index contributed by atoms with van der Waals surface area (Å²) in [4.78, 5) is 0. The summed E-state index contributed by atoms with van der Waals surface area (Å²) in [6.07, 6.45) is -2.11. The molecular formula is C13H15F3N2OS. The van der Waals surface area contributed by atoms with E-state index in [-0.39, 0.29) is 18.2 Å². The fraction of sp³-hybridized carbons (Fsp3) is 0.462. The SMILES string of the molecule is CSC[C@H](CCO)Nc1ccc(C(F)(F)F)cc1C#N. The van der Waals surface area contributed by atoms with Crippen molar-refractivity contribution in [1.29, 1.82) is 5.26 Å². The highest BCUT2D eigenvalue weighted by molar-refractivity contribution is 7.98. The molecule has 0 aliphatic heterocycles. The summed E-state index contributed by atoms with van der Waals surface area (Å²) in [5, 5.41) is 20.9. The van der Waals surface area contributed by atoms with E-state index in [1.165, 1.54) is 6.07 Å². The Labute approximate surface area is 119 Å². The number of benzene rings is 1. The van der Waals surface area contributed by atoms with E-state index in [4.69, 9.17) is 10.4 Å². The number of thioether (sulfide) groups is 1. The summed E-state index contributed by atoms with van der Waals surface area (Å²) in [7, 11) is 0. The summed E-state index contributed by atoms with van der Waals surface area (Å²) in [6, 6.07) is 4.70. The first kappa shape index (κ1) is 16.7. The largest absolute Gasteiger partial charge is 0.416 e. The minimum Gasteiger partial charge on any atom is -0.396 e. The van der Waals surface area contributed by atoms with E-state index in [0.29, 0.717) is 17.9 Å². The first-order valence-electron chi connectivity index (χ1n) is 5.90. The highest BCUT2D eigenvalue weighted by Gasteiger charge is 2.31. The molecule has 2 N–H and O–H groups in total. The molecular weight excluding hydrogens is 289 g/mol. The molecule has 0 radical (unpaired) electrons. The molecule has 0 saturated carbocycles. The Morgan fingerprint density at radius 2 is 2.15 bits per heavy atom. The average Bonchev–Trinajstić information content (AvgIpc) is 2.38. The van der Waals surface area contributed by atoms with E-state index in [1.54, 1.807) is 17.8 Å². The van der Waals surface area contributed by atoms with E-state index in [2.05, 4.69) is 5.32 Å². The van der Waals surface area contributed by atoms with Crippen molar-refractivity contribution in [2.75, 3.05) is 23.9 Å². The first-order chi connectivity index (χ1) is 9.42. The highest BCUT2D eigenvalue weighted by Crippen LogP contribution is 2.32. The normalized spacial score (nSPS) is 12.8. The van der Waals surface area contributed by atoms with Gasteiger partial charge in [-0.25, -0.2) is 0 Å². The van der Waals surface area contributed by atoms with Gasteiger partial charge in [0.1, 0.15) is 6.07 Å². The number of rotatable bonds is 6. The van der Waals surface area contributed by atoms with E-state index < -0.39 is 11.7 Å². The number of nitrogens with zero attached hydrogens (tertiary/aromatic N) is 1. The quantitative estimate of drug-likeness (QED) is 0.848. The van der Waals surface area contributed by atoms with Crippen LogP contribution >= 0.6 is 11.8 Å². The van der Waals surface area contributed by atoms with Crippen molar-refractivity contribution < 1.29 is 18.3 Å². The molecule has 0 aromatic heterocycles. The molecule has 0 amide bonds. The minimum atomic E-state index is -4.46. The summed E-state index contributed by atoms with van der Waals surface area (Å²) in [5.41, 5.74) is -0.542. The number of nitriles is 1. The smallest absolute Gasteiger partial charge is 0.396 e. The number of halogens is 3. The lowest BCUT2D eigenvalue weighted by Gasteiger charge is -2.19. The molecule has 0 fully saturated rings. The second-order valence-electron chi connectivity index (χ2n) is 4.18. The maximum Gasteiger partial charge on any atom is 0.416 e. The van der Waals surface area contributed by atoms with Gasteiger partial charge in [-0.2, -0.15) is 30.2 Å². The summed E-state index contributed by atoms with van der Waals surface area (Å²) in [5.74, 6) is 0.687. The zero-order chi connectivity index (χ0) is 15.2. The number of aliphatic hydroxyl groups excluding tert-OH is 1. The van der Waals surface area contributed by atoms with Crippen LogP contribution in [0.3, 0.4) is 0 Å². The second kappa shape index (κ2) is 7.41. The van der Waals surface area contributed by atoms with Crippen LogP contribution in [0.4, 0.5) is 18.9 Å². The number of hydrogen-bond acceptors (Lipinski definition) is 4. The molecule has 7 heteroatoms. The molecule has 0 saturated heterocycles. The molecule has 110 valence electrons. The summed E-state index contributed by atoms with van der Waals surface area (Å²) in [6.45, 7) is -0.0270. The lowest BCUT2D eigenvalue weighted by atomic mass is 10.1. The predicted molar refractivity (Wildman–Crippen MR) is 73.7 cm³/mol. The molecule has 0 heterocycles. The average molecular weight is 304 g/mol. The van der Waals surface area contributed by atoms with E-state index >= 15 is 0 Å². The third-order valence-electron chi connectivity index (χ3n) is 2.67. The molecule has 1 aromatic rings. The maximum absolute atomic E-state index is 12.6. The molecule has 1 aromatic carbocycles. The number of aliphatic hydroxyl groups is 1. The van der Waals surface area contributed by atoms with Crippen LogP contribution in [0, 0.1) is 11.3 Å². The third kappa shape index (κ3) is 4.62. The fourth-order valence-electron chi connectivity index (χ4n) is 1.71. The number of alkyl halides is 3. The first-order valence-corrected chi connectivity index (χ1v) is 7.29. The number of anilines is 1. The van der Waals surface area contributed by atoms with Crippen molar-refractivity contribution in [2.24, 2.45) is 0 Å². The van der Waals surface area contributed by atoms with Crippen LogP contribution in [-0.4, -0.2) is 29.8 Å². The number of nitrogens with one attached hydrogen (secondary N) is 1. The molecule has 3 nitrogen and oxygen atoms in total. The Balaban J connectivity index is 2.98. The van der Waals surface area contributed by atoms with Gasteiger partial charge in [-0.3, -0.25) is 0 Å². The van der Waals surface area contributed by atoms with E-state index in [1.807, 2.05) is 6.26 Å². The van der Waals surface area contributed by atoms with E-state index in [9.17, 15) is 13.2 Å². The van der Waals surface area contributed by atoms with Gasteiger partial charge in [-0.05, 0) is 30.9 Å². The van der Waals surface area contributed by atoms with Crippen LogP contribution < -0.4 is 5.32 Å². The van der Waals surface area contributed by atoms with Crippen LogP contribution in [0.15, 0.2) is 18.2 Å². The van der Waals surface area contributed by atoms with Gasteiger partial charge in [0.25, 0.3) is 0 Å². The Hall–Kier alpha value is -1.39. The Bertz CT molecular complexity index is 479. The van der Waals surface area contributed by atoms with Crippen LogP contribution in [0.1, 0.15) is 17.5 Å². The van der Waals surface area contributed by atoms with Gasteiger partial charge in [0.15, 0.2) is 0 Å². The van der Waals surface area contributed by atoms with Gasteiger partial charge in [-0.1, -0.05) is 0 Å². The maximum atomic E-state index is 12.6. The van der Waals surface area contributed by atoms with Crippen molar-refractivity contribution in [3.63, 3.8) is 0 Å². The number of hydrogen-bond donors (Lipinski definition) is 2. The predicted octanol–water partition coefficient (Wildman–Crippen LogP) is 3.10. The van der Waals surface area contributed by atoms with E-state index in [0.717, 1.165) is 12.1 Å². The van der Waals surface area contributed by atoms with Crippen LogP contribution in [0.25, 0.3) is 0 Å². The topological polar surface area (TPSA) is 56.0 Å². The van der Waals surface area contributed by atoms with Crippen LogP contribution in [0.2, 0.25) is 0 Å². The van der Waals surface area contributed by atoms with Gasteiger partial charge in [0.2, 0.25) is 0 Å². The van der Waals surface area contributed by atoms with Gasteiger partial charge < -0.3 is 10.4 Å². The van der Waals surface area contributed by atoms with Gasteiger partial charge in [0, 0.05) is 18.4 Å². The zero-order valence-corrected chi connectivity index (χ0v) is 11.7. The monoisotopic (exact) mass is 304 g/mol. The Morgan fingerprint density at radius 3 is 2.65 bits per heavy atom. The minimum absolute atomic E-state index is 0.0270. The van der Waals surface area contributed by atoms with Gasteiger partial charge in [-0.15, -0.1) is 0 Å². The zero-order valence-electron chi connectivity index (χ0n) is 10.9. The molecule has 0 bridgehead atoms. The molecule has 0 aliphatic rings. The molecule has 0 spiro atoms. The molecule has 1 atom stereocenters. The molecule has 0 unspecified atom stereocenters. The van der Waals surface area contributed by atoms with Crippen LogP contribution in [-0.2, 0) is 6.18 Å². The van der Waals surface area contributed by atoms with Crippen molar-refractivity contribution in [2.45, 2.75) is 18.6 Å². The highest BCUT2D eigenvalue weighted by atomic mass is 32.2. The third-order valence-corrected chi connectivity index (χ3v) is 3.41. The second-order valence-corrected chi connectivity index (χ2v) is 5.09. The van der Waals surface area contributed by atoms with Crippen molar-refractivity contribution in [3.05, 3.63) is 29.3 Å². The standard InChI is InChI=1S/C13H15F3N2OS/c1-20-8-11(4-5-19)18-12-3-2-10(13(14,15)16)6-9(12)7-17/h2-3,6,11,18-19H,4-5,8H2,1H3/t11-/m0/s1. The van der Waals surface area contributed by atoms with Gasteiger partial charge >= 0.3 is 6.18 Å². The van der Waals surface area contributed by atoms with Crippen molar-refractivity contribution in [1.82, 2.24) is 0 Å². The molecule has 1 rings (SSSR count). The van der Waals surface area contributed by atoms with Gasteiger partial charge in [0.05, 0.1) is 16.8 Å². The Kier molecular flexibility index (Phi) is 6.17. The Morgan fingerprint density at radius 1 is 1.45 bits per heavy atom.